The minimum Gasteiger partial charge on any atom is -0.319 e. The molecule has 0 saturated carbocycles. The molecule has 0 unspecified atom stereocenters. The first-order chi connectivity index (χ1) is 9.35. The number of hydrogen-bond donors (Lipinski definition) is 2. The van der Waals surface area contributed by atoms with Crippen LogP contribution in [0.25, 0.3) is 0 Å². The number of nitrogens with one attached hydrogen (secondary N) is 2. The van der Waals surface area contributed by atoms with Crippen molar-refractivity contribution in [2.45, 2.75) is 0 Å². The maximum Gasteiger partial charge on any atom is 0.261 e. The molecule has 0 aromatic heterocycles. The fraction of sp³-hybridized carbons (Fsp3) is 0.333. The molecular weight excluding hydrogens is 282 g/mol. The predicted molar refractivity (Wildman–Crippen MR) is 74.2 cm³/mol. The number of carbonyl (C=O) groups is 2. The van der Waals surface area contributed by atoms with Crippen LogP contribution < -0.4 is 10.0 Å². The van der Waals surface area contributed by atoms with Crippen LogP contribution in [0.2, 0.25) is 0 Å². The lowest BCUT2D eigenvalue weighted by molar-refractivity contribution is 0.0693. The fourth-order valence-electron chi connectivity index (χ4n) is 1.89. The lowest BCUT2D eigenvalue weighted by atomic mass is 10.1. The number of fused-ring (bicyclic) bond motifs is 1. The van der Waals surface area contributed by atoms with Gasteiger partial charge in [-0.05, 0) is 25.2 Å². The van der Waals surface area contributed by atoms with Gasteiger partial charge in [-0.15, -0.1) is 0 Å². The van der Waals surface area contributed by atoms with E-state index in [0.29, 0.717) is 6.54 Å². The minimum atomic E-state index is -3.48. The highest BCUT2D eigenvalue weighted by Gasteiger charge is 2.32. The molecule has 1 aliphatic heterocycles. The molecule has 8 heteroatoms. The summed E-state index contributed by atoms with van der Waals surface area (Å²) in [6.45, 7) is 0.320. The third kappa shape index (κ3) is 2.66. The first-order valence-corrected chi connectivity index (χ1v) is 7.62. The summed E-state index contributed by atoms with van der Waals surface area (Å²) in [5, 5.41) is 2.75. The zero-order chi connectivity index (χ0) is 14.9. The highest BCUT2D eigenvalue weighted by molar-refractivity contribution is 7.92. The number of nitrogens with zero attached hydrogens (tertiary/aromatic N) is 1. The van der Waals surface area contributed by atoms with E-state index in [1.807, 2.05) is 0 Å². The lowest BCUT2D eigenvalue weighted by Gasteiger charge is -2.08. The van der Waals surface area contributed by atoms with E-state index in [0.717, 1.165) is 4.90 Å². The van der Waals surface area contributed by atoms with Crippen LogP contribution in [0.4, 0.5) is 5.69 Å². The van der Waals surface area contributed by atoms with Crippen LogP contribution in [0.5, 0.6) is 0 Å². The number of hydrogen-bond acceptors (Lipinski definition) is 5. The molecule has 1 aliphatic rings. The molecule has 0 radical (unpaired) electrons. The second kappa shape index (κ2) is 5.22. The van der Waals surface area contributed by atoms with Gasteiger partial charge in [0.1, 0.15) is 0 Å². The molecule has 7 nitrogen and oxygen atoms in total. The van der Waals surface area contributed by atoms with Gasteiger partial charge in [0, 0.05) is 19.3 Å². The van der Waals surface area contributed by atoms with Crippen molar-refractivity contribution in [2.75, 3.05) is 31.1 Å². The molecule has 0 fully saturated rings. The Kier molecular flexibility index (Phi) is 3.78. The molecule has 1 heterocycles. The Balaban J connectivity index is 2.26. The quantitative estimate of drug-likeness (QED) is 0.738. The van der Waals surface area contributed by atoms with Gasteiger partial charge in [0.2, 0.25) is 10.0 Å². The van der Waals surface area contributed by atoms with Crippen molar-refractivity contribution >= 4 is 27.5 Å². The van der Waals surface area contributed by atoms with E-state index in [9.17, 15) is 18.0 Å². The van der Waals surface area contributed by atoms with Gasteiger partial charge < -0.3 is 5.32 Å². The summed E-state index contributed by atoms with van der Waals surface area (Å²) < 4.78 is 25.9. The van der Waals surface area contributed by atoms with E-state index in [4.69, 9.17) is 0 Å². The number of amides is 2. The summed E-state index contributed by atoms with van der Waals surface area (Å²) in [5.74, 6) is -0.885. The van der Waals surface area contributed by atoms with Gasteiger partial charge >= 0.3 is 0 Å². The zero-order valence-electron chi connectivity index (χ0n) is 11.1. The number of sulfonamides is 1. The molecule has 2 N–H and O–H groups in total. The van der Waals surface area contributed by atoms with Crippen molar-refractivity contribution in [1.29, 1.82) is 0 Å². The summed E-state index contributed by atoms with van der Waals surface area (Å²) in [7, 11) is -0.433. The van der Waals surface area contributed by atoms with Gasteiger partial charge in [-0.25, -0.2) is 8.42 Å². The van der Waals surface area contributed by atoms with Crippen LogP contribution in [0.15, 0.2) is 18.2 Å². The SMILES string of the molecule is CNCCS(=O)(=O)Nc1ccc2c(c1)C(=O)N(C)C2=O. The molecule has 2 rings (SSSR count). The van der Waals surface area contributed by atoms with Gasteiger partial charge in [0.05, 0.1) is 16.9 Å². The van der Waals surface area contributed by atoms with Crippen LogP contribution in [0, 0.1) is 0 Å². The number of imide groups is 1. The maximum atomic E-state index is 11.8. The van der Waals surface area contributed by atoms with Crippen LogP contribution in [0.3, 0.4) is 0 Å². The maximum absolute atomic E-state index is 11.8. The smallest absolute Gasteiger partial charge is 0.261 e. The van der Waals surface area contributed by atoms with Crippen LogP contribution in [-0.2, 0) is 10.0 Å². The van der Waals surface area contributed by atoms with E-state index < -0.39 is 15.9 Å². The van der Waals surface area contributed by atoms with Crippen molar-refractivity contribution in [3.63, 3.8) is 0 Å². The Morgan fingerprint density at radius 1 is 1.15 bits per heavy atom. The molecular formula is C12H15N3O4S. The minimum absolute atomic E-state index is 0.0760. The molecule has 0 bridgehead atoms. The van der Waals surface area contributed by atoms with Crippen molar-refractivity contribution in [3.05, 3.63) is 29.3 Å². The van der Waals surface area contributed by atoms with Crippen LogP contribution in [-0.4, -0.2) is 51.5 Å². The van der Waals surface area contributed by atoms with E-state index >= 15 is 0 Å². The topological polar surface area (TPSA) is 95.6 Å². The van der Waals surface area contributed by atoms with Crippen molar-refractivity contribution in [2.24, 2.45) is 0 Å². The van der Waals surface area contributed by atoms with E-state index in [1.54, 1.807) is 7.05 Å². The van der Waals surface area contributed by atoms with E-state index in [1.165, 1.54) is 25.2 Å². The largest absolute Gasteiger partial charge is 0.319 e. The zero-order valence-corrected chi connectivity index (χ0v) is 12.0. The first kappa shape index (κ1) is 14.5. The lowest BCUT2D eigenvalue weighted by Crippen LogP contribution is -2.24. The molecule has 1 aromatic rings. The Hall–Kier alpha value is -1.93. The van der Waals surface area contributed by atoms with Gasteiger partial charge in [-0.3, -0.25) is 19.2 Å². The average Bonchev–Trinajstić information content (AvgIpc) is 2.61. The van der Waals surface area contributed by atoms with Gasteiger partial charge in [0.15, 0.2) is 0 Å². The van der Waals surface area contributed by atoms with Crippen molar-refractivity contribution in [1.82, 2.24) is 10.2 Å². The molecule has 0 atom stereocenters. The van der Waals surface area contributed by atoms with E-state index in [2.05, 4.69) is 10.0 Å². The fourth-order valence-corrected chi connectivity index (χ4v) is 2.95. The van der Waals surface area contributed by atoms with Crippen LogP contribution in [0.1, 0.15) is 20.7 Å². The van der Waals surface area contributed by atoms with E-state index in [-0.39, 0.29) is 28.5 Å². The summed E-state index contributed by atoms with van der Waals surface area (Å²) in [4.78, 5) is 24.5. The third-order valence-electron chi connectivity index (χ3n) is 2.98. The monoisotopic (exact) mass is 297 g/mol. The molecule has 0 aliphatic carbocycles. The number of rotatable bonds is 5. The van der Waals surface area contributed by atoms with Gasteiger partial charge in [-0.1, -0.05) is 0 Å². The van der Waals surface area contributed by atoms with Gasteiger partial charge in [0.25, 0.3) is 11.8 Å². The highest BCUT2D eigenvalue weighted by Crippen LogP contribution is 2.25. The molecule has 2 amide bonds. The van der Waals surface area contributed by atoms with Crippen LogP contribution >= 0.6 is 0 Å². The summed E-state index contributed by atoms with van der Waals surface area (Å²) >= 11 is 0. The Labute approximate surface area is 117 Å². The summed E-state index contributed by atoms with van der Waals surface area (Å²) in [5.41, 5.74) is 0.776. The molecule has 0 saturated heterocycles. The first-order valence-electron chi connectivity index (χ1n) is 5.97. The van der Waals surface area contributed by atoms with Crippen molar-refractivity contribution < 1.29 is 18.0 Å². The Bertz CT molecular complexity index is 669. The Morgan fingerprint density at radius 3 is 2.45 bits per heavy atom. The average molecular weight is 297 g/mol. The molecule has 108 valence electrons. The third-order valence-corrected chi connectivity index (χ3v) is 4.27. The normalized spacial score (nSPS) is 14.6. The molecule has 0 spiro atoms. The summed E-state index contributed by atoms with van der Waals surface area (Å²) in [6, 6.07) is 4.31. The Morgan fingerprint density at radius 2 is 1.80 bits per heavy atom. The number of anilines is 1. The number of carbonyl (C=O) groups excluding carboxylic acids is 2. The molecule has 20 heavy (non-hydrogen) atoms. The standard InChI is InChI=1S/C12H15N3O4S/c1-13-5-6-20(18,19)14-8-3-4-9-10(7-8)12(17)15(2)11(9)16/h3-4,7,13-14H,5-6H2,1-2H3. The summed E-state index contributed by atoms with van der Waals surface area (Å²) in [6.07, 6.45) is 0. The predicted octanol–water partition coefficient (Wildman–Crippen LogP) is -0.127. The number of benzene rings is 1. The highest BCUT2D eigenvalue weighted by atomic mass is 32.2. The molecule has 1 aromatic carbocycles. The van der Waals surface area contributed by atoms with Crippen molar-refractivity contribution in [3.8, 4) is 0 Å². The second-order valence-electron chi connectivity index (χ2n) is 4.45. The van der Waals surface area contributed by atoms with Gasteiger partial charge in [-0.2, -0.15) is 0 Å². The second-order valence-corrected chi connectivity index (χ2v) is 6.30.